The van der Waals surface area contributed by atoms with Crippen molar-refractivity contribution in [2.75, 3.05) is 0 Å². The lowest BCUT2D eigenvalue weighted by Crippen LogP contribution is -1.90. The zero-order valence-electron chi connectivity index (χ0n) is 15.5. The van der Waals surface area contributed by atoms with E-state index in [1.807, 2.05) is 13.8 Å². The lowest BCUT2D eigenvalue weighted by atomic mass is 9.96. The summed E-state index contributed by atoms with van der Waals surface area (Å²) in [5, 5.41) is 0. The predicted octanol–water partition coefficient (Wildman–Crippen LogP) is 7.56. The summed E-state index contributed by atoms with van der Waals surface area (Å²) in [5.74, 6) is 0. The second-order valence-electron chi connectivity index (χ2n) is 4.75. The van der Waals surface area contributed by atoms with Crippen molar-refractivity contribution in [3.05, 3.63) is 91.6 Å². The van der Waals surface area contributed by atoms with Crippen LogP contribution in [0.2, 0.25) is 0 Å². The molecule has 0 N–H and O–H groups in total. The van der Waals surface area contributed by atoms with Gasteiger partial charge in [0.1, 0.15) is 0 Å². The van der Waals surface area contributed by atoms with Crippen LogP contribution in [-0.4, -0.2) is 0 Å². The number of unbranched alkanes of at least 4 members (excludes halogenated alkanes) is 1. The molecule has 23 heavy (non-hydrogen) atoms. The van der Waals surface area contributed by atoms with E-state index in [-0.39, 0.29) is 0 Å². The summed E-state index contributed by atoms with van der Waals surface area (Å²) in [6.07, 6.45) is 16.0. The molecule has 1 rings (SSSR count). The molecule has 0 amide bonds. The Morgan fingerprint density at radius 1 is 1.04 bits per heavy atom. The van der Waals surface area contributed by atoms with Crippen LogP contribution in [-0.2, 0) is 6.42 Å². The normalized spacial score (nSPS) is 10.7. The number of rotatable bonds is 6. The summed E-state index contributed by atoms with van der Waals surface area (Å²) in [5.41, 5.74) is 4.13. The van der Waals surface area contributed by atoms with Gasteiger partial charge in [0.15, 0.2) is 0 Å². The molecule has 0 aliphatic carbocycles. The van der Waals surface area contributed by atoms with Crippen LogP contribution < -0.4 is 0 Å². The van der Waals surface area contributed by atoms with Gasteiger partial charge in [-0.25, -0.2) is 0 Å². The van der Waals surface area contributed by atoms with E-state index in [0.717, 1.165) is 12.8 Å². The molecule has 0 atom stereocenters. The van der Waals surface area contributed by atoms with Crippen LogP contribution in [0, 0.1) is 0 Å². The third kappa shape index (κ3) is 11.2. The SMILES string of the molecule is C=C.C=CC.C\C=C/C=C\C(=C/CCC)c1ccccc1CC. The van der Waals surface area contributed by atoms with E-state index in [0.29, 0.717) is 0 Å². The summed E-state index contributed by atoms with van der Waals surface area (Å²) >= 11 is 0. The van der Waals surface area contributed by atoms with Gasteiger partial charge in [-0.05, 0) is 43.4 Å². The molecule has 0 bridgehead atoms. The van der Waals surface area contributed by atoms with E-state index in [2.05, 4.69) is 88.2 Å². The molecule has 0 aliphatic heterocycles. The minimum Gasteiger partial charge on any atom is -0.106 e. The summed E-state index contributed by atoms with van der Waals surface area (Å²) in [6, 6.07) is 8.69. The van der Waals surface area contributed by atoms with Crippen molar-refractivity contribution in [3.63, 3.8) is 0 Å². The summed E-state index contributed by atoms with van der Waals surface area (Å²) in [6.45, 7) is 17.7. The van der Waals surface area contributed by atoms with Crippen molar-refractivity contribution >= 4 is 5.57 Å². The standard InChI is InChI=1S/C18H24.C3H6.C2H4/c1-4-7-9-14-17(12-8-5-2)18-15-11-10-13-16(18)6-3;1-3-2;1-2/h4,7,9-15H,5-6,8H2,1-3H3;3H,1H2,2H3;1-2H2/b7-4-,14-9-,17-12+;;. The lowest BCUT2D eigenvalue weighted by Gasteiger charge is -2.08. The Morgan fingerprint density at radius 2 is 1.65 bits per heavy atom. The van der Waals surface area contributed by atoms with Crippen LogP contribution in [0.1, 0.15) is 51.7 Å². The van der Waals surface area contributed by atoms with Gasteiger partial charge >= 0.3 is 0 Å². The van der Waals surface area contributed by atoms with Gasteiger partial charge in [-0.15, -0.1) is 19.7 Å². The maximum absolute atomic E-state index is 3.36. The van der Waals surface area contributed by atoms with Gasteiger partial charge in [0, 0.05) is 0 Å². The largest absolute Gasteiger partial charge is 0.106 e. The topological polar surface area (TPSA) is 0 Å². The molecule has 126 valence electrons. The van der Waals surface area contributed by atoms with Crippen LogP contribution in [0.25, 0.3) is 5.57 Å². The molecule has 0 fully saturated rings. The first kappa shape index (κ1) is 23.2. The van der Waals surface area contributed by atoms with Crippen molar-refractivity contribution < 1.29 is 0 Å². The van der Waals surface area contributed by atoms with E-state index in [4.69, 9.17) is 0 Å². The molecule has 0 radical (unpaired) electrons. The molecular weight excluding hydrogens is 276 g/mol. The van der Waals surface area contributed by atoms with Crippen LogP contribution in [0.5, 0.6) is 0 Å². The second-order valence-corrected chi connectivity index (χ2v) is 4.75. The van der Waals surface area contributed by atoms with E-state index >= 15 is 0 Å². The monoisotopic (exact) mass is 310 g/mol. The van der Waals surface area contributed by atoms with Crippen LogP contribution in [0.15, 0.2) is 80.5 Å². The molecular formula is C23H34. The minimum absolute atomic E-state index is 1.08. The fourth-order valence-corrected chi connectivity index (χ4v) is 1.95. The smallest absolute Gasteiger partial charge is 0.0155 e. The average molecular weight is 311 g/mol. The first-order valence-electron chi connectivity index (χ1n) is 8.39. The van der Waals surface area contributed by atoms with Gasteiger partial charge in [-0.1, -0.05) is 81.0 Å². The molecule has 0 saturated carbocycles. The third-order valence-electron chi connectivity index (χ3n) is 2.94. The molecule has 0 nitrogen and oxygen atoms in total. The number of hydrogen-bond acceptors (Lipinski definition) is 0. The molecule has 0 saturated heterocycles. The quantitative estimate of drug-likeness (QED) is 0.375. The first-order chi connectivity index (χ1) is 11.2. The van der Waals surface area contributed by atoms with E-state index < -0.39 is 0 Å². The van der Waals surface area contributed by atoms with Gasteiger partial charge in [-0.2, -0.15) is 0 Å². The van der Waals surface area contributed by atoms with Gasteiger partial charge in [0.25, 0.3) is 0 Å². The molecule has 1 aromatic rings. The van der Waals surface area contributed by atoms with Gasteiger partial charge in [0.05, 0.1) is 0 Å². The van der Waals surface area contributed by atoms with E-state index in [1.54, 1.807) is 6.08 Å². The first-order valence-corrected chi connectivity index (χ1v) is 8.39. The Labute approximate surface area is 144 Å². The summed E-state index contributed by atoms with van der Waals surface area (Å²) in [7, 11) is 0. The van der Waals surface area contributed by atoms with E-state index in [1.165, 1.54) is 23.1 Å². The van der Waals surface area contributed by atoms with Crippen molar-refractivity contribution in [3.8, 4) is 0 Å². The van der Waals surface area contributed by atoms with Crippen molar-refractivity contribution in [2.24, 2.45) is 0 Å². The maximum atomic E-state index is 3.36. The van der Waals surface area contributed by atoms with Crippen LogP contribution in [0.4, 0.5) is 0 Å². The van der Waals surface area contributed by atoms with Crippen LogP contribution >= 0.6 is 0 Å². The summed E-state index contributed by atoms with van der Waals surface area (Å²) in [4.78, 5) is 0. The fourth-order valence-electron chi connectivity index (χ4n) is 1.95. The Kier molecular flexibility index (Phi) is 18.1. The van der Waals surface area contributed by atoms with Gasteiger partial charge < -0.3 is 0 Å². The zero-order valence-corrected chi connectivity index (χ0v) is 15.5. The van der Waals surface area contributed by atoms with Crippen LogP contribution in [0.3, 0.4) is 0 Å². The molecule has 0 heterocycles. The Hall–Kier alpha value is -2.08. The maximum Gasteiger partial charge on any atom is -0.0155 e. The van der Waals surface area contributed by atoms with E-state index in [9.17, 15) is 0 Å². The highest BCUT2D eigenvalue weighted by Crippen LogP contribution is 2.22. The van der Waals surface area contributed by atoms with Crippen molar-refractivity contribution in [2.45, 2.75) is 47.0 Å². The second kappa shape index (κ2) is 18.0. The third-order valence-corrected chi connectivity index (χ3v) is 2.94. The number of allylic oxidation sites excluding steroid dienone is 7. The molecule has 1 aromatic carbocycles. The highest BCUT2D eigenvalue weighted by molar-refractivity contribution is 5.76. The zero-order chi connectivity index (χ0) is 17.9. The minimum atomic E-state index is 1.08. The van der Waals surface area contributed by atoms with Gasteiger partial charge in [0.2, 0.25) is 0 Å². The fraction of sp³-hybridized carbons (Fsp3) is 0.304. The lowest BCUT2D eigenvalue weighted by molar-refractivity contribution is 0.960. The molecule has 0 aromatic heterocycles. The molecule has 0 aliphatic rings. The summed E-state index contributed by atoms with van der Waals surface area (Å²) < 4.78 is 0. The predicted molar refractivity (Wildman–Crippen MR) is 110 cm³/mol. The Morgan fingerprint density at radius 3 is 2.17 bits per heavy atom. The number of aryl methyl sites for hydroxylation is 1. The van der Waals surface area contributed by atoms with Crippen molar-refractivity contribution in [1.29, 1.82) is 0 Å². The Balaban J connectivity index is 0. The van der Waals surface area contributed by atoms with Gasteiger partial charge in [-0.3, -0.25) is 0 Å². The molecule has 0 unspecified atom stereocenters. The number of benzene rings is 1. The highest BCUT2D eigenvalue weighted by Gasteiger charge is 2.02. The molecule has 0 spiro atoms. The average Bonchev–Trinajstić information content (AvgIpc) is 2.60. The highest BCUT2D eigenvalue weighted by atomic mass is 14.1. The Bertz CT molecular complexity index is 487. The number of hydrogen-bond donors (Lipinski definition) is 0. The molecule has 0 heteroatoms. The van der Waals surface area contributed by atoms with Crippen molar-refractivity contribution in [1.82, 2.24) is 0 Å².